The van der Waals surface area contributed by atoms with Gasteiger partial charge in [0.05, 0.1) is 24.4 Å². The van der Waals surface area contributed by atoms with E-state index in [0.29, 0.717) is 18.8 Å². The molecule has 18 heavy (non-hydrogen) atoms. The van der Waals surface area contributed by atoms with E-state index in [2.05, 4.69) is 9.97 Å². The van der Waals surface area contributed by atoms with Gasteiger partial charge in [-0.05, 0) is 6.92 Å². The van der Waals surface area contributed by atoms with Gasteiger partial charge in [-0.3, -0.25) is 0 Å². The highest BCUT2D eigenvalue weighted by Crippen LogP contribution is 2.21. The minimum Gasteiger partial charge on any atom is -0.461 e. The molecule has 0 fully saturated rings. The number of rotatable bonds is 5. The summed E-state index contributed by atoms with van der Waals surface area (Å²) in [7, 11) is 1.92. The SMILES string of the molecule is CCOC(=O)c1csc(N(C)Cc2cscn2)n1. The summed E-state index contributed by atoms with van der Waals surface area (Å²) < 4.78 is 4.90. The summed E-state index contributed by atoms with van der Waals surface area (Å²) in [5.74, 6) is -0.373. The van der Waals surface area contributed by atoms with E-state index in [1.54, 1.807) is 29.2 Å². The molecule has 0 aliphatic rings. The van der Waals surface area contributed by atoms with Gasteiger partial charge in [0.1, 0.15) is 0 Å². The Morgan fingerprint density at radius 3 is 3.00 bits per heavy atom. The van der Waals surface area contributed by atoms with E-state index in [4.69, 9.17) is 4.74 Å². The van der Waals surface area contributed by atoms with E-state index in [0.717, 1.165) is 10.8 Å². The molecule has 0 saturated heterocycles. The first-order valence-corrected chi connectivity index (χ1v) is 7.23. The van der Waals surface area contributed by atoms with Gasteiger partial charge >= 0.3 is 5.97 Å². The molecule has 2 heterocycles. The van der Waals surface area contributed by atoms with Crippen LogP contribution >= 0.6 is 22.7 Å². The van der Waals surface area contributed by atoms with Crippen LogP contribution in [0.5, 0.6) is 0 Å². The number of hydrogen-bond donors (Lipinski definition) is 0. The van der Waals surface area contributed by atoms with Gasteiger partial charge in [0.15, 0.2) is 10.8 Å². The highest BCUT2D eigenvalue weighted by Gasteiger charge is 2.14. The van der Waals surface area contributed by atoms with Crippen molar-refractivity contribution in [2.24, 2.45) is 0 Å². The van der Waals surface area contributed by atoms with Gasteiger partial charge in [-0.1, -0.05) is 0 Å². The molecule has 2 aromatic heterocycles. The van der Waals surface area contributed by atoms with Crippen molar-refractivity contribution in [2.45, 2.75) is 13.5 Å². The van der Waals surface area contributed by atoms with E-state index in [1.165, 1.54) is 11.3 Å². The second-order valence-electron chi connectivity index (χ2n) is 3.57. The van der Waals surface area contributed by atoms with E-state index >= 15 is 0 Å². The van der Waals surface area contributed by atoms with E-state index < -0.39 is 0 Å². The molecule has 2 aromatic rings. The predicted octanol–water partition coefficient (Wildman–Crippen LogP) is 2.41. The molecule has 0 unspecified atom stereocenters. The number of hydrogen-bond acceptors (Lipinski definition) is 7. The second kappa shape index (κ2) is 5.92. The van der Waals surface area contributed by atoms with Crippen LogP contribution < -0.4 is 4.90 Å². The zero-order chi connectivity index (χ0) is 13.0. The van der Waals surface area contributed by atoms with E-state index in [-0.39, 0.29) is 5.97 Å². The number of esters is 1. The zero-order valence-electron chi connectivity index (χ0n) is 10.1. The summed E-state index contributed by atoms with van der Waals surface area (Å²) in [6.07, 6.45) is 0. The summed E-state index contributed by atoms with van der Waals surface area (Å²) in [5.41, 5.74) is 3.16. The van der Waals surface area contributed by atoms with Crippen LogP contribution in [-0.2, 0) is 11.3 Å². The molecule has 0 spiro atoms. The molecule has 0 aliphatic carbocycles. The molecular weight excluding hydrogens is 270 g/mol. The van der Waals surface area contributed by atoms with E-state index in [9.17, 15) is 4.79 Å². The molecule has 7 heteroatoms. The first-order chi connectivity index (χ1) is 8.70. The molecule has 0 aliphatic heterocycles. The van der Waals surface area contributed by atoms with Crippen molar-refractivity contribution in [2.75, 3.05) is 18.6 Å². The standard InChI is InChI=1S/C11H13N3O2S2/c1-3-16-10(15)9-6-18-11(13-9)14(2)4-8-5-17-7-12-8/h5-7H,3-4H2,1-2H3. The third-order valence-electron chi connectivity index (χ3n) is 2.19. The number of nitrogens with zero attached hydrogens (tertiary/aromatic N) is 3. The summed E-state index contributed by atoms with van der Waals surface area (Å²) in [4.78, 5) is 21.9. The largest absolute Gasteiger partial charge is 0.461 e. The van der Waals surface area contributed by atoms with Crippen molar-refractivity contribution >= 4 is 33.8 Å². The molecule has 0 saturated carbocycles. The third kappa shape index (κ3) is 3.05. The Bertz CT molecular complexity index is 510. The van der Waals surface area contributed by atoms with Crippen LogP contribution in [0.15, 0.2) is 16.3 Å². The van der Waals surface area contributed by atoms with Gasteiger partial charge in [-0.15, -0.1) is 22.7 Å². The highest BCUT2D eigenvalue weighted by atomic mass is 32.1. The molecule has 0 aromatic carbocycles. The minimum absolute atomic E-state index is 0.361. The van der Waals surface area contributed by atoms with Gasteiger partial charge in [0, 0.05) is 17.8 Å². The Balaban J connectivity index is 2.03. The maximum Gasteiger partial charge on any atom is 0.357 e. The molecule has 0 amide bonds. The van der Waals surface area contributed by atoms with Crippen LogP contribution in [0.4, 0.5) is 5.13 Å². The topological polar surface area (TPSA) is 55.3 Å². The maximum atomic E-state index is 11.5. The first-order valence-electron chi connectivity index (χ1n) is 5.41. The quantitative estimate of drug-likeness (QED) is 0.789. The zero-order valence-corrected chi connectivity index (χ0v) is 11.8. The average Bonchev–Trinajstić information content (AvgIpc) is 2.99. The summed E-state index contributed by atoms with van der Waals surface area (Å²) in [6, 6.07) is 0. The first kappa shape index (κ1) is 13.0. The predicted molar refractivity (Wildman–Crippen MR) is 72.3 cm³/mol. The molecule has 2 rings (SSSR count). The maximum absolute atomic E-state index is 11.5. The summed E-state index contributed by atoms with van der Waals surface area (Å²) >= 11 is 2.99. The van der Waals surface area contributed by atoms with Crippen molar-refractivity contribution in [1.29, 1.82) is 0 Å². The number of anilines is 1. The molecule has 0 radical (unpaired) electrons. The molecule has 0 bridgehead atoms. The lowest BCUT2D eigenvalue weighted by Crippen LogP contribution is -2.16. The van der Waals surface area contributed by atoms with Crippen LogP contribution in [0.1, 0.15) is 23.1 Å². The van der Waals surface area contributed by atoms with Gasteiger partial charge in [-0.2, -0.15) is 0 Å². The highest BCUT2D eigenvalue weighted by molar-refractivity contribution is 7.13. The van der Waals surface area contributed by atoms with Gasteiger partial charge in [-0.25, -0.2) is 14.8 Å². The number of thiazole rings is 2. The van der Waals surface area contributed by atoms with Gasteiger partial charge in [0.2, 0.25) is 0 Å². The van der Waals surface area contributed by atoms with Crippen molar-refractivity contribution in [3.63, 3.8) is 0 Å². The fourth-order valence-electron chi connectivity index (χ4n) is 1.36. The Morgan fingerprint density at radius 1 is 1.50 bits per heavy atom. The normalized spacial score (nSPS) is 10.3. The third-order valence-corrected chi connectivity index (χ3v) is 3.78. The van der Waals surface area contributed by atoms with Crippen molar-refractivity contribution in [3.05, 3.63) is 27.7 Å². The van der Waals surface area contributed by atoms with Crippen molar-refractivity contribution < 1.29 is 9.53 Å². The average molecular weight is 283 g/mol. The van der Waals surface area contributed by atoms with Crippen LogP contribution in [0, 0.1) is 0 Å². The lowest BCUT2D eigenvalue weighted by atomic mass is 10.4. The van der Waals surface area contributed by atoms with Crippen molar-refractivity contribution in [1.82, 2.24) is 9.97 Å². The number of aromatic nitrogens is 2. The Kier molecular flexibility index (Phi) is 4.27. The summed E-state index contributed by atoms with van der Waals surface area (Å²) in [5, 5.41) is 4.49. The lowest BCUT2D eigenvalue weighted by molar-refractivity contribution is 0.0520. The summed E-state index contributed by atoms with van der Waals surface area (Å²) in [6.45, 7) is 2.82. The Morgan fingerprint density at radius 2 is 2.33 bits per heavy atom. The second-order valence-corrected chi connectivity index (χ2v) is 5.13. The van der Waals surface area contributed by atoms with E-state index in [1.807, 2.05) is 17.3 Å². The minimum atomic E-state index is -0.373. The number of ether oxygens (including phenoxy) is 1. The monoisotopic (exact) mass is 283 g/mol. The molecule has 0 atom stereocenters. The smallest absolute Gasteiger partial charge is 0.357 e. The fourth-order valence-corrected chi connectivity index (χ4v) is 2.68. The number of carbonyl (C=O) groups excluding carboxylic acids is 1. The molecule has 96 valence electrons. The number of carbonyl (C=O) groups is 1. The van der Waals surface area contributed by atoms with Gasteiger partial charge < -0.3 is 9.64 Å². The molecular formula is C11H13N3O2S2. The van der Waals surface area contributed by atoms with Crippen molar-refractivity contribution in [3.8, 4) is 0 Å². The van der Waals surface area contributed by atoms with Gasteiger partial charge in [0.25, 0.3) is 0 Å². The lowest BCUT2D eigenvalue weighted by Gasteiger charge is -2.13. The van der Waals surface area contributed by atoms with Crippen LogP contribution in [0.2, 0.25) is 0 Å². The fraction of sp³-hybridized carbons (Fsp3) is 0.364. The molecule has 5 nitrogen and oxygen atoms in total. The van der Waals surface area contributed by atoms with Crippen LogP contribution in [0.25, 0.3) is 0 Å². The Labute approximate surface area is 113 Å². The Hall–Kier alpha value is -1.47. The molecule has 0 N–H and O–H groups in total. The van der Waals surface area contributed by atoms with Crippen LogP contribution in [0.3, 0.4) is 0 Å². The van der Waals surface area contributed by atoms with Crippen LogP contribution in [-0.4, -0.2) is 29.6 Å².